The van der Waals surface area contributed by atoms with E-state index in [1.165, 1.54) is 6.33 Å². The molecule has 5 nitrogen and oxygen atoms in total. The van der Waals surface area contributed by atoms with Gasteiger partial charge in [0.15, 0.2) is 0 Å². The van der Waals surface area contributed by atoms with Crippen LogP contribution < -0.4 is 10.6 Å². The van der Waals surface area contributed by atoms with Crippen molar-refractivity contribution in [3.63, 3.8) is 0 Å². The minimum Gasteiger partial charge on any atom is -0.384 e. The first-order chi connectivity index (χ1) is 9.08. The van der Waals surface area contributed by atoms with Crippen LogP contribution in [-0.4, -0.2) is 22.9 Å². The van der Waals surface area contributed by atoms with E-state index in [1.54, 1.807) is 6.20 Å². The number of nitrogens with two attached hydrogens (primary N) is 1. The first kappa shape index (κ1) is 13.5. The molecule has 2 rings (SSSR count). The van der Waals surface area contributed by atoms with Gasteiger partial charge in [-0.1, -0.05) is 18.2 Å². The van der Waals surface area contributed by atoms with Gasteiger partial charge in [-0.05, 0) is 27.6 Å². The number of rotatable bonds is 4. The van der Waals surface area contributed by atoms with Crippen molar-refractivity contribution in [1.29, 1.82) is 5.41 Å². The van der Waals surface area contributed by atoms with E-state index in [-0.39, 0.29) is 5.84 Å². The van der Waals surface area contributed by atoms with Gasteiger partial charge in [0.25, 0.3) is 0 Å². The molecule has 0 amide bonds. The summed E-state index contributed by atoms with van der Waals surface area (Å²) < 4.78 is 0.847. The van der Waals surface area contributed by atoms with E-state index in [0.717, 1.165) is 21.4 Å². The number of halogens is 1. The zero-order chi connectivity index (χ0) is 13.8. The van der Waals surface area contributed by atoms with Crippen LogP contribution in [0.25, 0.3) is 0 Å². The molecule has 0 spiro atoms. The van der Waals surface area contributed by atoms with Gasteiger partial charge in [0, 0.05) is 25.4 Å². The monoisotopic (exact) mass is 319 g/mol. The van der Waals surface area contributed by atoms with Gasteiger partial charge < -0.3 is 10.6 Å². The molecule has 1 heterocycles. The van der Waals surface area contributed by atoms with Gasteiger partial charge in [0.2, 0.25) is 0 Å². The lowest BCUT2D eigenvalue weighted by molar-refractivity contribution is 0.885. The maximum absolute atomic E-state index is 7.45. The Bertz CT molecular complexity index is 599. The Morgan fingerprint density at radius 1 is 1.47 bits per heavy atom. The van der Waals surface area contributed by atoms with Crippen molar-refractivity contribution in [2.75, 3.05) is 11.9 Å². The molecule has 6 heteroatoms. The Morgan fingerprint density at radius 2 is 2.26 bits per heavy atom. The predicted octanol–water partition coefficient (Wildman–Crippen LogP) is 2.16. The highest BCUT2D eigenvalue weighted by molar-refractivity contribution is 9.10. The van der Waals surface area contributed by atoms with Crippen LogP contribution in [0.2, 0.25) is 0 Å². The van der Waals surface area contributed by atoms with Gasteiger partial charge in [0.05, 0.1) is 4.47 Å². The maximum atomic E-state index is 7.45. The summed E-state index contributed by atoms with van der Waals surface area (Å²) in [5.41, 5.74) is 7.29. The van der Waals surface area contributed by atoms with E-state index in [0.29, 0.717) is 6.54 Å². The van der Waals surface area contributed by atoms with E-state index in [1.807, 2.05) is 36.2 Å². The number of hydrogen-bond acceptors (Lipinski definition) is 4. The van der Waals surface area contributed by atoms with Crippen molar-refractivity contribution in [3.05, 3.63) is 52.4 Å². The van der Waals surface area contributed by atoms with Gasteiger partial charge in [0.1, 0.15) is 18.0 Å². The van der Waals surface area contributed by atoms with E-state index in [4.69, 9.17) is 11.1 Å². The van der Waals surface area contributed by atoms with Crippen LogP contribution in [0.1, 0.15) is 11.1 Å². The normalized spacial score (nSPS) is 10.2. The lowest BCUT2D eigenvalue weighted by Gasteiger charge is -2.19. The Balaban J connectivity index is 2.19. The first-order valence-corrected chi connectivity index (χ1v) is 6.47. The highest BCUT2D eigenvalue weighted by Gasteiger charge is 2.08. The van der Waals surface area contributed by atoms with E-state index in [9.17, 15) is 0 Å². The summed E-state index contributed by atoms with van der Waals surface area (Å²) in [6, 6.07) is 7.63. The molecular weight excluding hydrogens is 306 g/mol. The van der Waals surface area contributed by atoms with Crippen LogP contribution in [0.15, 0.2) is 41.3 Å². The SMILES string of the molecule is CN(Cc1cccc(C(=N)N)c1)c1ncncc1Br. The van der Waals surface area contributed by atoms with Crippen molar-refractivity contribution < 1.29 is 0 Å². The van der Waals surface area contributed by atoms with Crippen LogP contribution in [0.3, 0.4) is 0 Å². The van der Waals surface area contributed by atoms with Gasteiger partial charge in [-0.3, -0.25) is 5.41 Å². The van der Waals surface area contributed by atoms with E-state index >= 15 is 0 Å². The van der Waals surface area contributed by atoms with Crippen molar-refractivity contribution in [3.8, 4) is 0 Å². The number of hydrogen-bond donors (Lipinski definition) is 2. The van der Waals surface area contributed by atoms with Crippen molar-refractivity contribution in [1.82, 2.24) is 9.97 Å². The molecule has 0 aliphatic rings. The van der Waals surface area contributed by atoms with Gasteiger partial charge in [-0.2, -0.15) is 0 Å². The molecule has 2 aromatic rings. The molecule has 0 saturated heterocycles. The fourth-order valence-electron chi connectivity index (χ4n) is 1.77. The Morgan fingerprint density at radius 3 is 2.95 bits per heavy atom. The van der Waals surface area contributed by atoms with Gasteiger partial charge in [-0.15, -0.1) is 0 Å². The average Bonchev–Trinajstić information content (AvgIpc) is 2.39. The molecule has 0 bridgehead atoms. The topological polar surface area (TPSA) is 78.9 Å². The van der Waals surface area contributed by atoms with E-state index in [2.05, 4.69) is 25.9 Å². The summed E-state index contributed by atoms with van der Waals surface area (Å²) in [6.07, 6.45) is 3.23. The lowest BCUT2D eigenvalue weighted by Crippen LogP contribution is -2.19. The highest BCUT2D eigenvalue weighted by atomic mass is 79.9. The van der Waals surface area contributed by atoms with Crippen molar-refractivity contribution in [2.24, 2.45) is 5.73 Å². The summed E-state index contributed by atoms with van der Waals surface area (Å²) in [6.45, 7) is 0.677. The van der Waals surface area contributed by atoms with Crippen LogP contribution >= 0.6 is 15.9 Å². The fraction of sp³-hybridized carbons (Fsp3) is 0.154. The summed E-state index contributed by atoms with van der Waals surface area (Å²) >= 11 is 3.43. The summed E-state index contributed by atoms with van der Waals surface area (Å²) in [7, 11) is 1.95. The van der Waals surface area contributed by atoms with Crippen LogP contribution in [0.4, 0.5) is 5.82 Å². The number of anilines is 1. The van der Waals surface area contributed by atoms with Crippen LogP contribution in [-0.2, 0) is 6.54 Å². The Kier molecular flexibility index (Phi) is 4.11. The minimum absolute atomic E-state index is 0.0766. The summed E-state index contributed by atoms with van der Waals surface area (Å²) in [5.74, 6) is 0.899. The molecule has 0 aliphatic heterocycles. The largest absolute Gasteiger partial charge is 0.384 e. The maximum Gasteiger partial charge on any atom is 0.146 e. The third-order valence-corrected chi connectivity index (χ3v) is 3.23. The standard InChI is InChI=1S/C13H14BrN5/c1-19(13-11(14)6-17-8-18-13)7-9-3-2-4-10(5-9)12(15)16/h2-6,8H,7H2,1H3,(H3,15,16). The molecule has 3 N–H and O–H groups in total. The third-order valence-electron chi connectivity index (χ3n) is 2.67. The first-order valence-electron chi connectivity index (χ1n) is 5.68. The molecule has 0 aliphatic carbocycles. The molecule has 0 unspecified atom stereocenters. The van der Waals surface area contributed by atoms with Gasteiger partial charge in [-0.25, -0.2) is 9.97 Å². The average molecular weight is 320 g/mol. The summed E-state index contributed by atoms with van der Waals surface area (Å²) in [5, 5.41) is 7.45. The molecule has 0 atom stereocenters. The zero-order valence-corrected chi connectivity index (χ0v) is 12.1. The zero-order valence-electron chi connectivity index (χ0n) is 10.5. The number of benzene rings is 1. The Labute approximate surface area is 120 Å². The molecule has 1 aromatic carbocycles. The molecule has 98 valence electrons. The fourth-order valence-corrected chi connectivity index (χ4v) is 2.30. The smallest absolute Gasteiger partial charge is 0.146 e. The van der Waals surface area contributed by atoms with Crippen molar-refractivity contribution >= 4 is 27.6 Å². The molecular formula is C13H14BrN5. The number of amidine groups is 1. The van der Waals surface area contributed by atoms with E-state index < -0.39 is 0 Å². The second kappa shape index (κ2) is 5.79. The van der Waals surface area contributed by atoms with Gasteiger partial charge >= 0.3 is 0 Å². The second-order valence-corrected chi connectivity index (χ2v) is 5.02. The van der Waals surface area contributed by atoms with Crippen molar-refractivity contribution in [2.45, 2.75) is 6.54 Å². The Hall–Kier alpha value is -1.95. The highest BCUT2D eigenvalue weighted by Crippen LogP contribution is 2.22. The number of nitrogen functional groups attached to an aromatic ring is 1. The quantitative estimate of drug-likeness (QED) is 0.668. The molecule has 0 radical (unpaired) electrons. The molecule has 1 aromatic heterocycles. The number of nitrogens with one attached hydrogen (secondary N) is 1. The molecule has 0 fully saturated rings. The summed E-state index contributed by atoms with van der Waals surface area (Å²) in [4.78, 5) is 10.2. The number of nitrogens with zero attached hydrogens (tertiary/aromatic N) is 3. The molecule has 19 heavy (non-hydrogen) atoms. The third kappa shape index (κ3) is 3.29. The predicted molar refractivity (Wildman–Crippen MR) is 79.3 cm³/mol. The number of aromatic nitrogens is 2. The van der Waals surface area contributed by atoms with Crippen LogP contribution in [0, 0.1) is 5.41 Å². The lowest BCUT2D eigenvalue weighted by atomic mass is 10.1. The minimum atomic E-state index is 0.0766. The molecule has 0 saturated carbocycles. The van der Waals surface area contributed by atoms with Crippen LogP contribution in [0.5, 0.6) is 0 Å². The second-order valence-electron chi connectivity index (χ2n) is 4.16.